The zero-order valence-electron chi connectivity index (χ0n) is 15.2. The number of rotatable bonds is 5. The number of aliphatic hydroxyl groups is 1. The van der Waals surface area contributed by atoms with Crippen molar-refractivity contribution in [2.45, 2.75) is 32.8 Å². The Morgan fingerprint density at radius 1 is 1.12 bits per heavy atom. The van der Waals surface area contributed by atoms with Crippen LogP contribution in [-0.2, 0) is 6.61 Å². The van der Waals surface area contributed by atoms with Crippen LogP contribution in [0, 0.1) is 0 Å². The molecule has 0 atom stereocenters. The molecule has 0 saturated heterocycles. The molecule has 26 heavy (non-hydrogen) atoms. The van der Waals surface area contributed by atoms with Crippen molar-refractivity contribution in [3.63, 3.8) is 0 Å². The molecule has 0 saturated carbocycles. The zero-order valence-corrected chi connectivity index (χ0v) is 18.4. The summed E-state index contributed by atoms with van der Waals surface area (Å²) in [5.74, 6) is 0. The molecule has 0 spiro atoms. The van der Waals surface area contributed by atoms with Crippen molar-refractivity contribution >= 4 is 40.5 Å². The Morgan fingerprint density at radius 3 is 2.65 bits per heavy atom. The molecule has 0 aromatic heterocycles. The number of aliphatic hydroxyl groups excluding tert-OH is 1. The first-order chi connectivity index (χ1) is 12.7. The quantitative estimate of drug-likeness (QED) is 0.378. The van der Waals surface area contributed by atoms with Crippen LogP contribution in [-0.4, -0.2) is 28.2 Å². The van der Waals surface area contributed by atoms with Gasteiger partial charge in [0.05, 0.1) is 0 Å². The number of allylic oxidation sites excluding steroid dienone is 4. The summed E-state index contributed by atoms with van der Waals surface area (Å²) in [6.07, 6.45) is 5.98. The third-order valence-electron chi connectivity index (χ3n) is 4.33. The second-order valence-corrected chi connectivity index (χ2v) is 12.9. The number of fused-ring (bicyclic) bond motifs is 2. The van der Waals surface area contributed by atoms with Crippen molar-refractivity contribution in [1.82, 2.24) is 0 Å². The zero-order chi connectivity index (χ0) is 18.5. The maximum atomic E-state index is 9.79. The third kappa shape index (κ3) is 4.13. The van der Waals surface area contributed by atoms with Gasteiger partial charge in [-0.2, -0.15) is 0 Å². The molecule has 1 aliphatic heterocycles. The Kier molecular flexibility index (Phi) is 6.73. The molecule has 2 aromatic rings. The van der Waals surface area contributed by atoms with Crippen molar-refractivity contribution in [3.05, 3.63) is 89.5 Å². The van der Waals surface area contributed by atoms with Gasteiger partial charge in [0.1, 0.15) is 0 Å². The first kappa shape index (κ1) is 19.4. The van der Waals surface area contributed by atoms with Gasteiger partial charge in [-0.25, -0.2) is 0 Å². The van der Waals surface area contributed by atoms with Crippen LogP contribution in [0.3, 0.4) is 0 Å². The average molecular weight is 473 g/mol. The molecule has 1 heterocycles. The fourth-order valence-corrected chi connectivity index (χ4v) is 8.07. The second kappa shape index (κ2) is 9.02. The fourth-order valence-electron chi connectivity index (χ4n) is 3.22. The van der Waals surface area contributed by atoms with Crippen LogP contribution in [0.1, 0.15) is 23.6 Å². The molecule has 0 fully saturated rings. The van der Waals surface area contributed by atoms with E-state index >= 15 is 0 Å². The Hall–Kier alpha value is -1.37. The number of benzene rings is 2. The van der Waals surface area contributed by atoms with Gasteiger partial charge in [0, 0.05) is 0 Å². The minimum absolute atomic E-state index is 0.0813. The predicted octanol–water partition coefficient (Wildman–Crippen LogP) is 5.72. The van der Waals surface area contributed by atoms with Gasteiger partial charge in [-0.1, -0.05) is 0 Å². The molecular formula is C23H24OSTe. The first-order valence-electron chi connectivity index (χ1n) is 8.59. The standard InChI is InChI=1S/C23H24OSTe/c1-4-5-8-14-26(3)16-17(2)22-19-11-6-7-13-21(19)25-23-18(15-24)10-9-12-20(22)23/h4-14,24H,1,15-16H2,2-3H3/b8-5-,22-17-/i26-3. The average Bonchev–Trinajstić information content (AvgIpc) is 2.65. The Morgan fingerprint density at radius 2 is 1.88 bits per heavy atom. The summed E-state index contributed by atoms with van der Waals surface area (Å²) >= 11 is 0.475. The van der Waals surface area contributed by atoms with E-state index in [-0.39, 0.29) is 6.61 Å². The van der Waals surface area contributed by atoms with Crippen molar-refractivity contribution in [3.8, 4) is 0 Å². The van der Waals surface area contributed by atoms with Crippen LogP contribution < -0.4 is 0 Å². The van der Waals surface area contributed by atoms with Gasteiger partial charge in [0.2, 0.25) is 0 Å². The Bertz CT molecular complexity index is 922. The summed E-state index contributed by atoms with van der Waals surface area (Å²) in [6.45, 7) is 6.10. The molecule has 1 N–H and O–H groups in total. The van der Waals surface area contributed by atoms with E-state index in [2.05, 4.69) is 65.0 Å². The van der Waals surface area contributed by atoms with E-state index in [1.54, 1.807) is 11.8 Å². The van der Waals surface area contributed by atoms with Gasteiger partial charge in [-0.15, -0.1) is 0 Å². The SMILES string of the molecule is C=C/C=C\C=[125Te](/C)C/C(C)=C1/c2ccccc2Sc2c(CO)cccc21. The van der Waals surface area contributed by atoms with E-state index in [9.17, 15) is 5.11 Å². The Balaban J connectivity index is 2.13. The van der Waals surface area contributed by atoms with Gasteiger partial charge < -0.3 is 0 Å². The Labute approximate surface area is 167 Å². The van der Waals surface area contributed by atoms with Crippen molar-refractivity contribution in [2.75, 3.05) is 0 Å². The summed E-state index contributed by atoms with van der Waals surface area (Å²) < 4.78 is 3.56. The van der Waals surface area contributed by atoms with Crippen molar-refractivity contribution < 1.29 is 5.11 Å². The molecular weight excluding hydrogens is 449 g/mol. The summed E-state index contributed by atoms with van der Waals surface area (Å²) in [5.41, 5.74) is 6.42. The number of hydrogen-bond donors (Lipinski definition) is 1. The van der Waals surface area contributed by atoms with Gasteiger partial charge in [-0.3, -0.25) is 0 Å². The van der Waals surface area contributed by atoms with Gasteiger partial charge in [0.25, 0.3) is 0 Å². The molecule has 1 nitrogen and oxygen atoms in total. The predicted molar refractivity (Wildman–Crippen MR) is 116 cm³/mol. The van der Waals surface area contributed by atoms with Crippen LogP contribution in [0.4, 0.5) is 0 Å². The maximum absolute atomic E-state index is 9.79. The normalized spacial score (nSPS) is 16.3. The van der Waals surface area contributed by atoms with Crippen LogP contribution in [0.2, 0.25) is 9.44 Å². The van der Waals surface area contributed by atoms with E-state index in [0.717, 1.165) is 5.56 Å². The van der Waals surface area contributed by atoms with E-state index in [1.165, 1.54) is 36.5 Å². The first-order valence-corrected chi connectivity index (χ1v) is 14.7. The molecule has 0 radical (unpaired) electrons. The number of hydrogen-bond acceptors (Lipinski definition) is 2. The molecule has 134 valence electrons. The molecule has 0 bridgehead atoms. The molecule has 0 aliphatic carbocycles. The second-order valence-electron chi connectivity index (χ2n) is 6.30. The van der Waals surface area contributed by atoms with E-state index < -0.39 is 19.1 Å². The monoisotopic (exact) mass is 473 g/mol. The van der Waals surface area contributed by atoms with Crippen LogP contribution in [0.25, 0.3) is 5.57 Å². The van der Waals surface area contributed by atoms with Crippen LogP contribution >= 0.6 is 11.8 Å². The minimum atomic E-state index is -1.31. The van der Waals surface area contributed by atoms with Crippen molar-refractivity contribution in [1.29, 1.82) is 0 Å². The van der Waals surface area contributed by atoms with Gasteiger partial charge in [0.15, 0.2) is 0 Å². The van der Waals surface area contributed by atoms with Crippen LogP contribution in [0.5, 0.6) is 0 Å². The van der Waals surface area contributed by atoms with Gasteiger partial charge >= 0.3 is 168 Å². The van der Waals surface area contributed by atoms with E-state index in [4.69, 9.17) is 0 Å². The summed E-state index contributed by atoms with van der Waals surface area (Å²) in [4.78, 5) is 4.90. The van der Waals surface area contributed by atoms with Crippen molar-refractivity contribution in [2.24, 2.45) is 0 Å². The van der Waals surface area contributed by atoms with E-state index in [0.29, 0.717) is 0 Å². The molecule has 1 aliphatic rings. The molecule has 3 heteroatoms. The third-order valence-corrected chi connectivity index (χ3v) is 9.91. The van der Waals surface area contributed by atoms with Gasteiger partial charge in [-0.05, 0) is 0 Å². The summed E-state index contributed by atoms with van der Waals surface area (Å²) in [7, 11) is 0. The van der Waals surface area contributed by atoms with Crippen LogP contribution in [0.15, 0.2) is 82.6 Å². The molecule has 3 rings (SSSR count). The molecule has 0 amide bonds. The fraction of sp³-hybridized carbons (Fsp3) is 0.174. The summed E-state index contributed by atoms with van der Waals surface area (Å²) in [5, 5.41) is 9.79. The topological polar surface area (TPSA) is 20.2 Å². The molecule has 2 aromatic carbocycles. The summed E-state index contributed by atoms with van der Waals surface area (Å²) in [6, 6.07) is 14.9. The molecule has 0 unspecified atom stereocenters. The van der Waals surface area contributed by atoms with E-state index in [1.807, 2.05) is 18.2 Å².